The summed E-state index contributed by atoms with van der Waals surface area (Å²) in [5.41, 5.74) is 2.42. The van der Waals surface area contributed by atoms with Crippen LogP contribution in [0.1, 0.15) is 11.3 Å². The van der Waals surface area contributed by atoms with Crippen molar-refractivity contribution in [2.24, 2.45) is 14.1 Å². The van der Waals surface area contributed by atoms with Crippen molar-refractivity contribution in [1.29, 1.82) is 0 Å². The van der Waals surface area contributed by atoms with E-state index in [1.807, 2.05) is 32.0 Å². The van der Waals surface area contributed by atoms with Crippen LogP contribution in [-0.4, -0.2) is 14.1 Å². The highest BCUT2D eigenvalue weighted by molar-refractivity contribution is 9.10. The molecule has 0 radical (unpaired) electrons. The van der Waals surface area contributed by atoms with Gasteiger partial charge in [-0.2, -0.15) is 0 Å². The minimum absolute atomic E-state index is 0.359. The predicted molar refractivity (Wildman–Crippen MR) is 99.1 cm³/mol. The molecule has 3 aromatic rings. The van der Waals surface area contributed by atoms with Crippen molar-refractivity contribution in [2.75, 3.05) is 5.32 Å². The molecule has 0 aliphatic carbocycles. The van der Waals surface area contributed by atoms with E-state index in [-0.39, 0.29) is 11.2 Å². The van der Waals surface area contributed by atoms with Crippen LogP contribution in [0, 0.1) is 13.8 Å². The van der Waals surface area contributed by atoms with Gasteiger partial charge in [-0.25, -0.2) is 9.78 Å². The van der Waals surface area contributed by atoms with Crippen molar-refractivity contribution < 1.29 is 0 Å². The van der Waals surface area contributed by atoms with Crippen LogP contribution in [0.5, 0.6) is 0 Å². The SMILES string of the molecule is Cc1cc2c(c(Nc3cccc(Br)c3C)n1)c(=O)n(C)c(=O)n2C. The number of fused-ring (bicyclic) bond motifs is 1. The van der Waals surface area contributed by atoms with Crippen LogP contribution in [0.3, 0.4) is 0 Å². The first-order chi connectivity index (χ1) is 11.3. The highest BCUT2D eigenvalue weighted by atomic mass is 79.9. The van der Waals surface area contributed by atoms with Gasteiger partial charge in [0.2, 0.25) is 0 Å². The fraction of sp³-hybridized carbons (Fsp3) is 0.235. The molecule has 124 valence electrons. The van der Waals surface area contributed by atoms with Crippen LogP contribution in [0.4, 0.5) is 11.5 Å². The number of aryl methyl sites for hydroxylation is 2. The van der Waals surface area contributed by atoms with Crippen LogP contribution in [0.2, 0.25) is 0 Å². The van der Waals surface area contributed by atoms with E-state index in [9.17, 15) is 9.59 Å². The smallest absolute Gasteiger partial charge is 0.330 e. The number of aromatic nitrogens is 3. The van der Waals surface area contributed by atoms with Gasteiger partial charge in [-0.1, -0.05) is 22.0 Å². The maximum Gasteiger partial charge on any atom is 0.330 e. The molecule has 1 N–H and O–H groups in total. The second-order valence-electron chi connectivity index (χ2n) is 5.75. The molecule has 0 amide bonds. The van der Waals surface area contributed by atoms with E-state index in [4.69, 9.17) is 0 Å². The Bertz CT molecular complexity index is 1080. The Morgan fingerprint density at radius 2 is 1.83 bits per heavy atom. The van der Waals surface area contributed by atoms with Gasteiger partial charge in [0.05, 0.1) is 5.52 Å². The van der Waals surface area contributed by atoms with Gasteiger partial charge in [0.1, 0.15) is 11.2 Å². The van der Waals surface area contributed by atoms with Gasteiger partial charge < -0.3 is 5.32 Å². The minimum atomic E-state index is -0.365. The number of anilines is 2. The number of hydrogen-bond donors (Lipinski definition) is 1. The average molecular weight is 389 g/mol. The molecule has 1 aromatic carbocycles. The Labute approximate surface area is 146 Å². The lowest BCUT2D eigenvalue weighted by atomic mass is 10.2. The molecule has 0 atom stereocenters. The zero-order chi connectivity index (χ0) is 17.6. The van der Waals surface area contributed by atoms with Gasteiger partial charge in [0.15, 0.2) is 0 Å². The third kappa shape index (κ3) is 2.54. The molecule has 0 spiro atoms. The second-order valence-corrected chi connectivity index (χ2v) is 6.60. The first-order valence-electron chi connectivity index (χ1n) is 7.40. The van der Waals surface area contributed by atoms with Crippen molar-refractivity contribution in [3.05, 3.63) is 60.8 Å². The molecule has 0 aliphatic rings. The van der Waals surface area contributed by atoms with Crippen LogP contribution in [0.15, 0.2) is 38.3 Å². The van der Waals surface area contributed by atoms with Crippen LogP contribution < -0.4 is 16.6 Å². The van der Waals surface area contributed by atoms with Gasteiger partial charge in [0.25, 0.3) is 5.56 Å². The number of hydrogen-bond acceptors (Lipinski definition) is 4. The number of pyridine rings is 1. The summed E-state index contributed by atoms with van der Waals surface area (Å²) >= 11 is 3.50. The average Bonchev–Trinajstić information content (AvgIpc) is 2.54. The molecular weight excluding hydrogens is 372 g/mol. The summed E-state index contributed by atoms with van der Waals surface area (Å²) in [6.45, 7) is 3.80. The van der Waals surface area contributed by atoms with Gasteiger partial charge in [-0.15, -0.1) is 0 Å². The molecule has 2 heterocycles. The molecule has 0 unspecified atom stereocenters. The topological polar surface area (TPSA) is 68.9 Å². The second kappa shape index (κ2) is 5.90. The number of nitrogens with one attached hydrogen (secondary N) is 1. The maximum atomic E-state index is 12.6. The number of benzene rings is 1. The lowest BCUT2D eigenvalue weighted by Gasteiger charge is -2.15. The molecule has 3 rings (SSSR count). The summed E-state index contributed by atoms with van der Waals surface area (Å²) in [5.74, 6) is 0.447. The van der Waals surface area contributed by atoms with E-state index in [2.05, 4.69) is 26.2 Å². The fourth-order valence-electron chi connectivity index (χ4n) is 2.67. The van der Waals surface area contributed by atoms with Gasteiger partial charge in [-0.3, -0.25) is 13.9 Å². The van der Waals surface area contributed by atoms with Gasteiger partial charge in [-0.05, 0) is 37.6 Å². The first-order valence-corrected chi connectivity index (χ1v) is 8.20. The lowest BCUT2D eigenvalue weighted by molar-refractivity contribution is 0.713. The summed E-state index contributed by atoms with van der Waals surface area (Å²) in [4.78, 5) is 29.3. The Morgan fingerprint density at radius 1 is 1.12 bits per heavy atom. The zero-order valence-corrected chi connectivity index (χ0v) is 15.4. The molecule has 2 aromatic heterocycles. The number of nitrogens with zero attached hydrogens (tertiary/aromatic N) is 3. The van der Waals surface area contributed by atoms with E-state index in [1.54, 1.807) is 13.1 Å². The first kappa shape index (κ1) is 16.4. The fourth-order valence-corrected chi connectivity index (χ4v) is 3.04. The Balaban J connectivity index is 2.35. The third-order valence-corrected chi connectivity index (χ3v) is 4.96. The summed E-state index contributed by atoms with van der Waals surface area (Å²) in [6, 6.07) is 7.52. The van der Waals surface area contributed by atoms with E-state index in [0.717, 1.165) is 26.0 Å². The normalized spacial score (nSPS) is 11.0. The van der Waals surface area contributed by atoms with Crippen molar-refractivity contribution in [1.82, 2.24) is 14.1 Å². The summed E-state index contributed by atoms with van der Waals surface area (Å²) < 4.78 is 3.52. The Morgan fingerprint density at radius 3 is 2.54 bits per heavy atom. The molecule has 7 heteroatoms. The molecule has 0 saturated heterocycles. The summed E-state index contributed by atoms with van der Waals surface area (Å²) in [5, 5.41) is 3.63. The molecule has 6 nitrogen and oxygen atoms in total. The molecule has 0 bridgehead atoms. The van der Waals surface area contributed by atoms with Crippen molar-refractivity contribution >= 4 is 38.3 Å². The highest BCUT2D eigenvalue weighted by Crippen LogP contribution is 2.28. The monoisotopic (exact) mass is 388 g/mol. The summed E-state index contributed by atoms with van der Waals surface area (Å²) in [6.07, 6.45) is 0. The lowest BCUT2D eigenvalue weighted by Crippen LogP contribution is -2.37. The van der Waals surface area contributed by atoms with Crippen molar-refractivity contribution in [3.8, 4) is 0 Å². The van der Waals surface area contributed by atoms with E-state index in [0.29, 0.717) is 16.7 Å². The number of halogens is 1. The van der Waals surface area contributed by atoms with Gasteiger partial charge in [0, 0.05) is 29.9 Å². The predicted octanol–water partition coefficient (Wildman–Crippen LogP) is 2.76. The Kier molecular flexibility index (Phi) is 4.04. The van der Waals surface area contributed by atoms with Crippen molar-refractivity contribution in [3.63, 3.8) is 0 Å². The summed E-state index contributed by atoms with van der Waals surface area (Å²) in [7, 11) is 3.12. The molecule has 24 heavy (non-hydrogen) atoms. The largest absolute Gasteiger partial charge is 0.339 e. The van der Waals surface area contributed by atoms with E-state index in [1.165, 1.54) is 11.6 Å². The Hall–Kier alpha value is -2.41. The standard InChI is InChI=1S/C17H17BrN4O2/c1-9-8-13-14(16(23)22(4)17(24)21(13)3)15(19-9)20-12-7-5-6-11(18)10(12)2/h5-8H,1-4H3,(H,19,20). The van der Waals surface area contributed by atoms with Crippen LogP contribution in [0.25, 0.3) is 10.9 Å². The van der Waals surface area contributed by atoms with Crippen LogP contribution in [-0.2, 0) is 14.1 Å². The van der Waals surface area contributed by atoms with Crippen molar-refractivity contribution in [2.45, 2.75) is 13.8 Å². The quantitative estimate of drug-likeness (QED) is 0.732. The third-order valence-electron chi connectivity index (χ3n) is 4.10. The van der Waals surface area contributed by atoms with E-state index < -0.39 is 0 Å². The molecule has 0 fully saturated rings. The molecule has 0 saturated carbocycles. The highest BCUT2D eigenvalue weighted by Gasteiger charge is 2.15. The minimum Gasteiger partial charge on any atom is -0.339 e. The molecule has 0 aliphatic heterocycles. The number of rotatable bonds is 2. The molecular formula is C17H17BrN4O2. The van der Waals surface area contributed by atoms with E-state index >= 15 is 0 Å². The maximum absolute atomic E-state index is 12.6. The van der Waals surface area contributed by atoms with Gasteiger partial charge >= 0.3 is 5.69 Å². The van der Waals surface area contributed by atoms with Crippen LogP contribution >= 0.6 is 15.9 Å². The zero-order valence-electron chi connectivity index (χ0n) is 13.8.